The second-order valence-corrected chi connectivity index (χ2v) is 7.95. The number of fused-ring (bicyclic) bond motifs is 2. The smallest absolute Gasteiger partial charge is 0.181 e. The molecule has 6 rings (SSSR count). The highest BCUT2D eigenvalue weighted by Gasteiger charge is 2.16. The predicted molar refractivity (Wildman–Crippen MR) is 124 cm³/mol. The molecule has 0 saturated carbocycles. The van der Waals surface area contributed by atoms with Gasteiger partial charge in [-0.2, -0.15) is 5.10 Å². The fourth-order valence-corrected chi connectivity index (χ4v) is 4.15. The van der Waals surface area contributed by atoms with Crippen LogP contribution in [0.5, 0.6) is 5.75 Å². The molecule has 0 aliphatic heterocycles. The highest BCUT2D eigenvalue weighted by atomic mass is 19.1. The van der Waals surface area contributed by atoms with Crippen LogP contribution in [0.1, 0.15) is 5.56 Å². The van der Waals surface area contributed by atoms with E-state index in [-0.39, 0.29) is 11.6 Å². The van der Waals surface area contributed by atoms with E-state index in [2.05, 4.69) is 30.1 Å². The molecule has 5 aromatic heterocycles. The fourth-order valence-electron chi connectivity index (χ4n) is 4.15. The van der Waals surface area contributed by atoms with Gasteiger partial charge in [-0.1, -0.05) is 6.07 Å². The molecule has 33 heavy (non-hydrogen) atoms. The van der Waals surface area contributed by atoms with Gasteiger partial charge in [-0.25, -0.2) is 14.4 Å². The third kappa shape index (κ3) is 3.28. The molecule has 5 heterocycles. The fraction of sp³-hybridized carbons (Fsp3) is 0.0400. The van der Waals surface area contributed by atoms with Crippen LogP contribution in [0.4, 0.5) is 4.39 Å². The first-order valence-electron chi connectivity index (χ1n) is 10.3. The Bertz CT molecular complexity index is 1650. The predicted octanol–water partition coefficient (Wildman–Crippen LogP) is 5.38. The summed E-state index contributed by atoms with van der Waals surface area (Å²) in [5.41, 5.74) is 6.88. The first kappa shape index (κ1) is 19.1. The molecule has 0 unspecified atom stereocenters. The van der Waals surface area contributed by atoms with Crippen molar-refractivity contribution in [2.24, 2.45) is 0 Å². The molecular formula is C25H17FN6O. The average Bonchev–Trinajstić information content (AvgIpc) is 3.41. The minimum atomic E-state index is -0.273. The number of rotatable bonds is 3. The molecule has 0 atom stereocenters. The van der Waals surface area contributed by atoms with Crippen molar-refractivity contribution >= 4 is 22.1 Å². The average molecular weight is 436 g/mol. The summed E-state index contributed by atoms with van der Waals surface area (Å²) in [5.74, 6) is -0.188. The van der Waals surface area contributed by atoms with Gasteiger partial charge in [-0.3, -0.25) is 10.1 Å². The lowest BCUT2D eigenvalue weighted by atomic mass is 10.0. The van der Waals surface area contributed by atoms with Gasteiger partial charge in [0.2, 0.25) is 0 Å². The van der Waals surface area contributed by atoms with Gasteiger partial charge in [-0.05, 0) is 60.0 Å². The maximum absolute atomic E-state index is 14.1. The number of H-pyrrole nitrogens is 2. The Hall–Kier alpha value is -4.59. The Labute approximate surface area is 187 Å². The van der Waals surface area contributed by atoms with E-state index >= 15 is 0 Å². The molecule has 0 bridgehead atoms. The lowest BCUT2D eigenvalue weighted by Gasteiger charge is -2.05. The zero-order valence-electron chi connectivity index (χ0n) is 17.5. The zero-order valence-corrected chi connectivity index (χ0v) is 17.5. The summed E-state index contributed by atoms with van der Waals surface area (Å²) in [5, 5.41) is 18.9. The van der Waals surface area contributed by atoms with Gasteiger partial charge in [0.05, 0.1) is 17.6 Å². The van der Waals surface area contributed by atoms with Crippen molar-refractivity contribution in [3.05, 3.63) is 78.6 Å². The van der Waals surface area contributed by atoms with Gasteiger partial charge in [0.15, 0.2) is 5.65 Å². The standard InChI is InChI=1S/C25H17FN6O/c1-13-4-14(6-17(26)5-13)19-2-3-28-24-20(19)9-22(30-24)23-21-8-16(11-29-25(21)32-31-23)15-7-18(33)12-27-10-15/h2-12,33H,1H3,(H,28,30)(H,29,31,32). The van der Waals surface area contributed by atoms with E-state index in [1.165, 1.54) is 18.3 Å². The highest BCUT2D eigenvalue weighted by molar-refractivity contribution is 5.99. The van der Waals surface area contributed by atoms with Crippen LogP contribution in [0, 0.1) is 12.7 Å². The van der Waals surface area contributed by atoms with Crippen molar-refractivity contribution in [3.63, 3.8) is 0 Å². The van der Waals surface area contributed by atoms with Crippen molar-refractivity contribution < 1.29 is 9.50 Å². The molecule has 8 heteroatoms. The van der Waals surface area contributed by atoms with Crippen LogP contribution in [0.3, 0.4) is 0 Å². The van der Waals surface area contributed by atoms with Gasteiger partial charge in [0, 0.05) is 40.5 Å². The number of pyridine rings is 3. The summed E-state index contributed by atoms with van der Waals surface area (Å²) in [6.45, 7) is 1.87. The van der Waals surface area contributed by atoms with E-state index in [4.69, 9.17) is 0 Å². The molecule has 0 radical (unpaired) electrons. The number of aryl methyl sites for hydroxylation is 1. The summed E-state index contributed by atoms with van der Waals surface area (Å²) in [6, 6.07) is 12.4. The number of halogens is 1. The van der Waals surface area contributed by atoms with Crippen LogP contribution < -0.4 is 0 Å². The Morgan fingerprint density at radius 3 is 2.61 bits per heavy atom. The molecule has 0 spiro atoms. The molecule has 0 aliphatic carbocycles. The second kappa shape index (κ2) is 7.23. The lowest BCUT2D eigenvalue weighted by molar-refractivity contribution is 0.473. The summed E-state index contributed by atoms with van der Waals surface area (Å²) >= 11 is 0. The van der Waals surface area contributed by atoms with Gasteiger partial charge >= 0.3 is 0 Å². The second-order valence-electron chi connectivity index (χ2n) is 7.95. The highest BCUT2D eigenvalue weighted by Crippen LogP contribution is 2.34. The number of aromatic nitrogens is 6. The summed E-state index contributed by atoms with van der Waals surface area (Å²) < 4.78 is 14.1. The monoisotopic (exact) mass is 436 g/mol. The van der Waals surface area contributed by atoms with Crippen LogP contribution >= 0.6 is 0 Å². The molecule has 7 nitrogen and oxygen atoms in total. The molecule has 3 N–H and O–H groups in total. The number of aromatic hydroxyl groups is 1. The largest absolute Gasteiger partial charge is 0.506 e. The lowest BCUT2D eigenvalue weighted by Crippen LogP contribution is -1.85. The van der Waals surface area contributed by atoms with E-state index in [0.717, 1.165) is 50.0 Å². The molecule has 6 aromatic rings. The number of nitrogens with one attached hydrogen (secondary N) is 2. The van der Waals surface area contributed by atoms with Crippen LogP contribution in [0.15, 0.2) is 67.3 Å². The third-order valence-corrected chi connectivity index (χ3v) is 5.62. The first-order valence-corrected chi connectivity index (χ1v) is 10.3. The van der Waals surface area contributed by atoms with Gasteiger partial charge in [0.1, 0.15) is 17.2 Å². The van der Waals surface area contributed by atoms with Crippen molar-refractivity contribution in [2.45, 2.75) is 6.92 Å². The summed E-state index contributed by atoms with van der Waals surface area (Å²) in [7, 11) is 0. The Morgan fingerprint density at radius 1 is 0.879 bits per heavy atom. The van der Waals surface area contributed by atoms with E-state index in [0.29, 0.717) is 11.3 Å². The Kier molecular flexibility index (Phi) is 4.19. The molecule has 160 valence electrons. The maximum atomic E-state index is 14.1. The van der Waals surface area contributed by atoms with Crippen molar-refractivity contribution in [1.29, 1.82) is 0 Å². The SMILES string of the molecule is Cc1cc(F)cc(-c2ccnc3[nH]c(-c4[nH]nc5ncc(-c6cncc(O)c6)cc45)cc23)c1. The van der Waals surface area contributed by atoms with Crippen molar-refractivity contribution in [3.8, 4) is 39.4 Å². The quantitative estimate of drug-likeness (QED) is 0.345. The number of hydrogen-bond donors (Lipinski definition) is 3. The van der Waals surface area contributed by atoms with Crippen molar-refractivity contribution in [2.75, 3.05) is 0 Å². The topological polar surface area (TPSA) is 103 Å². The summed E-state index contributed by atoms with van der Waals surface area (Å²) in [6.07, 6.45) is 6.45. The molecule has 1 aromatic carbocycles. The van der Waals surface area contributed by atoms with Gasteiger partial charge in [-0.15, -0.1) is 0 Å². The van der Waals surface area contributed by atoms with Crippen molar-refractivity contribution in [1.82, 2.24) is 30.1 Å². The molecular weight excluding hydrogens is 419 g/mol. The van der Waals surface area contributed by atoms with Crippen LogP contribution in [-0.2, 0) is 0 Å². The molecule has 0 aliphatic rings. The Balaban J connectivity index is 1.51. The van der Waals surface area contributed by atoms with E-state index < -0.39 is 0 Å². The first-order chi connectivity index (χ1) is 16.0. The van der Waals surface area contributed by atoms with Crippen LogP contribution in [0.2, 0.25) is 0 Å². The Morgan fingerprint density at radius 2 is 1.76 bits per heavy atom. The third-order valence-electron chi connectivity index (χ3n) is 5.62. The maximum Gasteiger partial charge on any atom is 0.181 e. The van der Waals surface area contributed by atoms with Crippen LogP contribution in [-0.4, -0.2) is 35.2 Å². The zero-order chi connectivity index (χ0) is 22.5. The van der Waals surface area contributed by atoms with E-state index in [1.807, 2.05) is 31.2 Å². The van der Waals surface area contributed by atoms with Gasteiger partial charge in [0.25, 0.3) is 0 Å². The summed E-state index contributed by atoms with van der Waals surface area (Å²) in [4.78, 5) is 16.3. The molecule has 0 saturated heterocycles. The van der Waals surface area contributed by atoms with Gasteiger partial charge < -0.3 is 10.1 Å². The molecule has 0 amide bonds. The number of benzene rings is 1. The minimum absolute atomic E-state index is 0.0850. The normalized spacial score (nSPS) is 11.5. The number of nitrogens with zero attached hydrogens (tertiary/aromatic N) is 4. The number of hydrogen-bond acceptors (Lipinski definition) is 5. The van der Waals surface area contributed by atoms with E-state index in [1.54, 1.807) is 24.7 Å². The number of aromatic amines is 2. The molecule has 0 fully saturated rings. The minimum Gasteiger partial charge on any atom is -0.506 e. The van der Waals surface area contributed by atoms with E-state index in [9.17, 15) is 9.50 Å². The van der Waals surface area contributed by atoms with Crippen LogP contribution in [0.25, 0.3) is 55.7 Å².